The van der Waals surface area contributed by atoms with Gasteiger partial charge in [0.2, 0.25) is 10.0 Å². The van der Waals surface area contributed by atoms with Crippen molar-refractivity contribution in [3.8, 4) is 11.1 Å². The van der Waals surface area contributed by atoms with E-state index in [4.69, 9.17) is 0 Å². The lowest BCUT2D eigenvalue weighted by Crippen LogP contribution is -2.23. The van der Waals surface area contributed by atoms with Crippen molar-refractivity contribution in [3.63, 3.8) is 0 Å². The molecule has 3 rings (SSSR count). The molecule has 1 aromatic carbocycles. The van der Waals surface area contributed by atoms with E-state index in [1.807, 2.05) is 31.4 Å². The first-order valence-electron chi connectivity index (χ1n) is 8.68. The standard InChI is InChI=1S/C20H24N4O2S/c1-20(2,3)18-5-7-19(8-6-18)27(25,26)23-11-15-9-16(12-21-10-15)17-13-22-24(4)14-17/h5-10,12-14,23H,11H2,1-4H3. The van der Waals surface area contributed by atoms with Crippen LogP contribution in [0.1, 0.15) is 31.9 Å². The highest BCUT2D eigenvalue weighted by molar-refractivity contribution is 7.89. The van der Waals surface area contributed by atoms with Crippen molar-refractivity contribution in [1.29, 1.82) is 0 Å². The monoisotopic (exact) mass is 384 g/mol. The Morgan fingerprint density at radius 2 is 1.74 bits per heavy atom. The van der Waals surface area contributed by atoms with Gasteiger partial charge >= 0.3 is 0 Å². The van der Waals surface area contributed by atoms with Crippen molar-refractivity contribution in [2.75, 3.05) is 0 Å². The molecule has 7 heteroatoms. The van der Waals surface area contributed by atoms with Crippen molar-refractivity contribution >= 4 is 10.0 Å². The minimum atomic E-state index is -3.59. The summed E-state index contributed by atoms with van der Waals surface area (Å²) in [6.45, 7) is 6.45. The van der Waals surface area contributed by atoms with Crippen LogP contribution in [0.15, 0.2) is 60.0 Å². The Morgan fingerprint density at radius 1 is 1.04 bits per heavy atom. The van der Waals surface area contributed by atoms with Crippen molar-refractivity contribution < 1.29 is 8.42 Å². The number of rotatable bonds is 5. The zero-order valence-corrected chi connectivity index (χ0v) is 16.8. The molecule has 1 N–H and O–H groups in total. The number of hydrogen-bond acceptors (Lipinski definition) is 4. The number of aromatic nitrogens is 3. The molecule has 0 fully saturated rings. The third kappa shape index (κ3) is 4.61. The molecule has 0 atom stereocenters. The van der Waals surface area contributed by atoms with E-state index in [-0.39, 0.29) is 16.9 Å². The molecule has 0 aliphatic heterocycles. The van der Waals surface area contributed by atoms with Gasteiger partial charge in [0.1, 0.15) is 0 Å². The lowest BCUT2D eigenvalue weighted by molar-refractivity contribution is 0.578. The number of benzene rings is 1. The maximum absolute atomic E-state index is 12.6. The van der Waals surface area contributed by atoms with E-state index in [1.165, 1.54) is 0 Å². The molecular weight excluding hydrogens is 360 g/mol. The van der Waals surface area contributed by atoms with Gasteiger partial charge in [0.25, 0.3) is 0 Å². The fourth-order valence-electron chi connectivity index (χ4n) is 2.71. The van der Waals surface area contributed by atoms with Crippen LogP contribution in [0.4, 0.5) is 0 Å². The van der Waals surface area contributed by atoms with Crippen LogP contribution in [0.5, 0.6) is 0 Å². The van der Waals surface area contributed by atoms with Gasteiger partial charge in [0.05, 0.1) is 11.1 Å². The van der Waals surface area contributed by atoms with E-state index in [2.05, 4.69) is 35.6 Å². The summed E-state index contributed by atoms with van der Waals surface area (Å²) in [7, 11) is -1.74. The number of aryl methyl sites for hydroxylation is 1. The molecule has 6 nitrogen and oxygen atoms in total. The molecule has 2 heterocycles. The third-order valence-corrected chi connectivity index (χ3v) is 5.75. The molecule has 3 aromatic rings. The first-order valence-corrected chi connectivity index (χ1v) is 10.2. The van der Waals surface area contributed by atoms with Gasteiger partial charge in [-0.15, -0.1) is 0 Å². The summed E-state index contributed by atoms with van der Waals surface area (Å²) >= 11 is 0. The predicted molar refractivity (Wildman–Crippen MR) is 106 cm³/mol. The predicted octanol–water partition coefficient (Wildman–Crippen LogP) is 3.26. The zero-order valence-electron chi connectivity index (χ0n) is 16.0. The van der Waals surface area contributed by atoms with Crippen molar-refractivity contribution in [2.45, 2.75) is 37.6 Å². The summed E-state index contributed by atoms with van der Waals surface area (Å²) in [6, 6.07) is 8.92. The average Bonchev–Trinajstić information content (AvgIpc) is 3.06. The van der Waals surface area contributed by atoms with E-state index < -0.39 is 10.0 Å². The van der Waals surface area contributed by atoms with E-state index in [0.29, 0.717) is 0 Å². The minimum Gasteiger partial charge on any atom is -0.275 e. The summed E-state index contributed by atoms with van der Waals surface area (Å²) in [5.74, 6) is 0. The van der Waals surface area contributed by atoms with Gasteiger partial charge in [-0.1, -0.05) is 32.9 Å². The topological polar surface area (TPSA) is 76.9 Å². The van der Waals surface area contributed by atoms with Gasteiger partial charge in [-0.3, -0.25) is 9.67 Å². The fraction of sp³-hybridized carbons (Fsp3) is 0.300. The lowest BCUT2D eigenvalue weighted by atomic mass is 9.87. The fourth-order valence-corrected chi connectivity index (χ4v) is 3.73. The summed E-state index contributed by atoms with van der Waals surface area (Å²) < 4.78 is 29.5. The number of sulfonamides is 1. The van der Waals surface area contributed by atoms with Crippen molar-refractivity contribution in [3.05, 3.63) is 66.2 Å². The van der Waals surface area contributed by atoms with Crippen LogP contribution >= 0.6 is 0 Å². The van der Waals surface area contributed by atoms with E-state index in [1.54, 1.807) is 35.4 Å². The van der Waals surface area contributed by atoms with Gasteiger partial charge in [-0.25, -0.2) is 13.1 Å². The molecule has 0 saturated heterocycles. The molecule has 2 aromatic heterocycles. The molecule has 0 saturated carbocycles. The number of pyridine rings is 1. The highest BCUT2D eigenvalue weighted by atomic mass is 32.2. The Hall–Kier alpha value is -2.51. The highest BCUT2D eigenvalue weighted by Crippen LogP contribution is 2.23. The summed E-state index contributed by atoms with van der Waals surface area (Å²) in [4.78, 5) is 4.47. The van der Waals surface area contributed by atoms with E-state index >= 15 is 0 Å². The average molecular weight is 385 g/mol. The highest BCUT2D eigenvalue weighted by Gasteiger charge is 2.17. The minimum absolute atomic E-state index is 0.0197. The van der Waals surface area contributed by atoms with Gasteiger partial charge in [-0.05, 0) is 34.7 Å². The first-order chi connectivity index (χ1) is 12.6. The molecule has 27 heavy (non-hydrogen) atoms. The second kappa shape index (κ2) is 7.25. The van der Waals surface area contributed by atoms with Crippen LogP contribution in [-0.4, -0.2) is 23.2 Å². The normalized spacial score (nSPS) is 12.3. The molecule has 0 aliphatic carbocycles. The van der Waals surface area contributed by atoms with Crippen molar-refractivity contribution in [1.82, 2.24) is 19.5 Å². The lowest BCUT2D eigenvalue weighted by Gasteiger charge is -2.19. The second-order valence-electron chi connectivity index (χ2n) is 7.58. The molecular formula is C20H24N4O2S. The smallest absolute Gasteiger partial charge is 0.240 e. The maximum Gasteiger partial charge on any atom is 0.240 e. The number of nitrogens with zero attached hydrogens (tertiary/aromatic N) is 3. The molecule has 0 amide bonds. The molecule has 0 radical (unpaired) electrons. The van der Waals surface area contributed by atoms with Gasteiger partial charge < -0.3 is 0 Å². The Balaban J connectivity index is 1.74. The van der Waals surface area contributed by atoms with Crippen molar-refractivity contribution in [2.24, 2.45) is 7.05 Å². The Kier molecular flexibility index (Phi) is 5.17. The van der Waals surface area contributed by atoms with E-state index in [9.17, 15) is 8.42 Å². The van der Waals surface area contributed by atoms with Crippen LogP contribution in [0.3, 0.4) is 0 Å². The molecule has 0 unspecified atom stereocenters. The summed E-state index contributed by atoms with van der Waals surface area (Å²) in [5.41, 5.74) is 3.69. The molecule has 0 spiro atoms. The molecule has 0 bridgehead atoms. The van der Waals surface area contributed by atoms with Gasteiger partial charge in [0.15, 0.2) is 0 Å². The Bertz CT molecular complexity index is 1030. The summed E-state index contributed by atoms with van der Waals surface area (Å²) in [6.07, 6.45) is 7.04. The first kappa shape index (κ1) is 19.3. The van der Waals surface area contributed by atoms with Crippen LogP contribution < -0.4 is 4.72 Å². The third-order valence-electron chi connectivity index (χ3n) is 4.33. The molecule has 0 aliphatic rings. The second-order valence-corrected chi connectivity index (χ2v) is 9.35. The molecule has 142 valence electrons. The van der Waals surface area contributed by atoms with Crippen LogP contribution in [0.2, 0.25) is 0 Å². The quantitative estimate of drug-likeness (QED) is 0.732. The van der Waals surface area contributed by atoms with Gasteiger partial charge in [0, 0.05) is 43.3 Å². The number of nitrogens with one attached hydrogen (secondary N) is 1. The SMILES string of the molecule is Cn1cc(-c2cncc(CNS(=O)(=O)c3ccc(C(C)(C)C)cc3)c2)cn1. The Morgan fingerprint density at radius 3 is 2.33 bits per heavy atom. The Labute approximate surface area is 160 Å². The maximum atomic E-state index is 12.6. The van der Waals surface area contributed by atoms with E-state index in [0.717, 1.165) is 22.3 Å². The van der Waals surface area contributed by atoms with Crippen LogP contribution in [0.25, 0.3) is 11.1 Å². The van der Waals surface area contributed by atoms with Crippen LogP contribution in [0, 0.1) is 0 Å². The summed E-state index contributed by atoms with van der Waals surface area (Å²) in [5, 5.41) is 4.15. The zero-order chi connectivity index (χ0) is 19.7. The number of hydrogen-bond donors (Lipinski definition) is 1. The van der Waals surface area contributed by atoms with Gasteiger partial charge in [-0.2, -0.15) is 5.10 Å². The largest absolute Gasteiger partial charge is 0.275 e. The van der Waals surface area contributed by atoms with Crippen LogP contribution in [-0.2, 0) is 29.0 Å².